The molecular formula is C27H39N3O3. The van der Waals surface area contributed by atoms with E-state index in [1.54, 1.807) is 0 Å². The number of aliphatic hydroxyl groups excluding tert-OH is 1. The third-order valence-electron chi connectivity index (χ3n) is 9.25. The van der Waals surface area contributed by atoms with Crippen molar-refractivity contribution in [3.8, 4) is 5.75 Å². The normalized spacial score (nSPS) is 38.3. The number of aliphatic hydroxyl groups is 1. The van der Waals surface area contributed by atoms with E-state index < -0.39 is 0 Å². The summed E-state index contributed by atoms with van der Waals surface area (Å²) >= 11 is 0. The summed E-state index contributed by atoms with van der Waals surface area (Å²) in [5, 5.41) is 17.4. The van der Waals surface area contributed by atoms with E-state index in [0.29, 0.717) is 23.9 Å². The van der Waals surface area contributed by atoms with Gasteiger partial charge in [0.05, 0.1) is 11.5 Å². The molecular weight excluding hydrogens is 414 g/mol. The summed E-state index contributed by atoms with van der Waals surface area (Å²) in [6, 6.07) is 8.73. The Morgan fingerprint density at radius 3 is 2.52 bits per heavy atom. The Morgan fingerprint density at radius 1 is 1.06 bits per heavy atom. The van der Waals surface area contributed by atoms with Crippen LogP contribution in [0.4, 0.5) is 5.69 Å². The lowest BCUT2D eigenvalue weighted by atomic mass is 9.48. The van der Waals surface area contributed by atoms with Crippen molar-refractivity contribution >= 4 is 11.6 Å². The first-order valence-corrected chi connectivity index (χ1v) is 13.3. The molecule has 2 aliphatic heterocycles. The number of anilines is 1. The van der Waals surface area contributed by atoms with Crippen LogP contribution in [-0.2, 0) is 4.79 Å². The first kappa shape index (κ1) is 21.7. The molecule has 2 saturated heterocycles. The number of piperidine rings is 2. The summed E-state index contributed by atoms with van der Waals surface area (Å²) in [6.07, 6.45) is 9.49. The summed E-state index contributed by atoms with van der Waals surface area (Å²) in [5.41, 5.74) is 0.996. The zero-order chi connectivity index (χ0) is 22.4. The number of rotatable bonds is 5. The molecule has 7 rings (SSSR count). The highest BCUT2D eigenvalue weighted by molar-refractivity contribution is 5.83. The maximum atomic E-state index is 13.5. The van der Waals surface area contributed by atoms with Gasteiger partial charge in [0.25, 0.3) is 0 Å². The number of carbonyl (C=O) groups excluding carboxylic acids is 1. The van der Waals surface area contributed by atoms with Crippen LogP contribution in [0.15, 0.2) is 24.3 Å². The van der Waals surface area contributed by atoms with Crippen molar-refractivity contribution in [2.24, 2.45) is 23.2 Å². The first-order valence-electron chi connectivity index (χ1n) is 13.3. The van der Waals surface area contributed by atoms with Gasteiger partial charge in [0.15, 0.2) is 0 Å². The van der Waals surface area contributed by atoms with Crippen molar-refractivity contribution in [1.29, 1.82) is 0 Å². The van der Waals surface area contributed by atoms with Crippen molar-refractivity contribution < 1.29 is 14.6 Å². The van der Waals surface area contributed by atoms with Crippen LogP contribution in [0.5, 0.6) is 5.75 Å². The highest BCUT2D eigenvalue weighted by atomic mass is 16.5. The molecule has 33 heavy (non-hydrogen) atoms. The van der Waals surface area contributed by atoms with Gasteiger partial charge in [-0.15, -0.1) is 0 Å². The third kappa shape index (κ3) is 4.25. The number of carbonyl (C=O) groups is 1. The van der Waals surface area contributed by atoms with Crippen LogP contribution >= 0.6 is 0 Å². The Bertz CT molecular complexity index is 837. The monoisotopic (exact) mass is 453 g/mol. The largest absolute Gasteiger partial charge is 0.490 e. The number of ether oxygens (including phenoxy) is 1. The summed E-state index contributed by atoms with van der Waals surface area (Å²) in [4.78, 5) is 15.9. The molecule has 0 aromatic heterocycles. The van der Waals surface area contributed by atoms with Crippen molar-refractivity contribution in [3.05, 3.63) is 24.3 Å². The van der Waals surface area contributed by atoms with E-state index in [1.165, 1.54) is 5.69 Å². The Morgan fingerprint density at radius 2 is 1.79 bits per heavy atom. The average molecular weight is 454 g/mol. The second-order valence-corrected chi connectivity index (χ2v) is 11.6. The molecule has 0 spiro atoms. The van der Waals surface area contributed by atoms with E-state index in [-0.39, 0.29) is 23.5 Å². The second-order valence-electron chi connectivity index (χ2n) is 11.6. The fourth-order valence-corrected chi connectivity index (χ4v) is 7.78. The van der Waals surface area contributed by atoms with E-state index in [2.05, 4.69) is 39.8 Å². The highest BCUT2D eigenvalue weighted by Crippen LogP contribution is 2.60. The predicted octanol–water partition coefficient (Wildman–Crippen LogP) is 3.09. The minimum Gasteiger partial charge on any atom is -0.490 e. The lowest BCUT2D eigenvalue weighted by Gasteiger charge is -2.58. The van der Waals surface area contributed by atoms with Gasteiger partial charge in [-0.05, 0) is 113 Å². The van der Waals surface area contributed by atoms with Crippen LogP contribution < -0.4 is 20.3 Å². The molecule has 2 unspecified atom stereocenters. The van der Waals surface area contributed by atoms with Gasteiger partial charge in [-0.2, -0.15) is 0 Å². The van der Waals surface area contributed by atoms with E-state index in [0.717, 1.165) is 89.7 Å². The second kappa shape index (κ2) is 8.77. The molecule has 4 aliphatic carbocycles. The molecule has 6 aliphatic rings. The summed E-state index contributed by atoms with van der Waals surface area (Å²) in [7, 11) is 0. The minimum absolute atomic E-state index is 0.172. The van der Waals surface area contributed by atoms with Gasteiger partial charge in [0.1, 0.15) is 11.9 Å². The topological polar surface area (TPSA) is 73.8 Å². The van der Waals surface area contributed by atoms with Crippen molar-refractivity contribution in [1.82, 2.24) is 10.6 Å². The van der Waals surface area contributed by atoms with E-state index in [9.17, 15) is 9.90 Å². The van der Waals surface area contributed by atoms with Crippen LogP contribution in [-0.4, -0.2) is 55.4 Å². The van der Waals surface area contributed by atoms with Gasteiger partial charge in [-0.1, -0.05) is 0 Å². The van der Waals surface area contributed by atoms with E-state index in [1.807, 2.05) is 0 Å². The van der Waals surface area contributed by atoms with Crippen LogP contribution in [0.2, 0.25) is 0 Å². The molecule has 6 nitrogen and oxygen atoms in total. The molecule has 4 bridgehead atoms. The van der Waals surface area contributed by atoms with Gasteiger partial charge in [0.2, 0.25) is 5.91 Å². The molecule has 3 N–H and O–H groups in total. The first-order chi connectivity index (χ1) is 16.1. The Labute approximate surface area is 197 Å². The zero-order valence-electron chi connectivity index (χ0n) is 19.7. The molecule has 1 aromatic rings. The fourth-order valence-electron chi connectivity index (χ4n) is 7.78. The average Bonchev–Trinajstić information content (AvgIpc) is 2.83. The predicted molar refractivity (Wildman–Crippen MR) is 128 cm³/mol. The molecule has 0 radical (unpaired) electrons. The molecule has 4 saturated carbocycles. The lowest BCUT2D eigenvalue weighted by Crippen LogP contribution is -2.60. The maximum Gasteiger partial charge on any atom is 0.226 e. The molecule has 1 aromatic carbocycles. The number of nitrogens with zero attached hydrogens (tertiary/aromatic N) is 1. The Balaban J connectivity index is 1.06. The Hall–Kier alpha value is -1.79. The summed E-state index contributed by atoms with van der Waals surface area (Å²) < 4.78 is 6.16. The van der Waals surface area contributed by atoms with Crippen LogP contribution in [0.3, 0.4) is 0 Å². The number of nitrogens with one attached hydrogen (secondary N) is 2. The van der Waals surface area contributed by atoms with Crippen LogP contribution in [0.25, 0.3) is 0 Å². The molecule has 6 fully saturated rings. The van der Waals surface area contributed by atoms with Crippen molar-refractivity contribution in [3.63, 3.8) is 0 Å². The molecule has 6 heteroatoms. The van der Waals surface area contributed by atoms with Gasteiger partial charge >= 0.3 is 0 Å². The van der Waals surface area contributed by atoms with Gasteiger partial charge < -0.3 is 25.4 Å². The van der Waals surface area contributed by atoms with Gasteiger partial charge in [0, 0.05) is 24.8 Å². The van der Waals surface area contributed by atoms with Gasteiger partial charge in [-0.3, -0.25) is 4.79 Å². The number of hydrogen-bond donors (Lipinski definition) is 3. The lowest BCUT2D eigenvalue weighted by molar-refractivity contribution is -0.163. The molecule has 1 amide bonds. The smallest absolute Gasteiger partial charge is 0.226 e. The fraction of sp³-hybridized carbons (Fsp3) is 0.741. The minimum atomic E-state index is -0.217. The molecule has 2 heterocycles. The summed E-state index contributed by atoms with van der Waals surface area (Å²) in [6.45, 7) is 3.97. The maximum absolute atomic E-state index is 13.5. The third-order valence-corrected chi connectivity index (χ3v) is 9.25. The van der Waals surface area contributed by atoms with Crippen molar-refractivity contribution in [2.45, 2.75) is 76.0 Å². The van der Waals surface area contributed by atoms with Crippen LogP contribution in [0.1, 0.15) is 57.8 Å². The quantitative estimate of drug-likeness (QED) is 0.639. The van der Waals surface area contributed by atoms with E-state index >= 15 is 0 Å². The number of amides is 1. The summed E-state index contributed by atoms with van der Waals surface area (Å²) in [5.74, 6) is 2.55. The number of hydrogen-bond acceptors (Lipinski definition) is 5. The number of benzene rings is 1. The van der Waals surface area contributed by atoms with E-state index in [4.69, 9.17) is 4.74 Å². The zero-order valence-corrected chi connectivity index (χ0v) is 19.7. The molecule has 180 valence electrons. The highest BCUT2D eigenvalue weighted by Gasteiger charge is 2.58. The molecule has 3 atom stereocenters. The SMILES string of the molecule is O=C(N[C@H]1CCCN(c2ccc(OC3CCNCC3)cc2)C1)C12CC3CC(C1)C(O)C(C3)C2. The Kier molecular flexibility index (Phi) is 5.77. The standard InChI is InChI=1S/C27H39N3O3/c31-25-19-12-18-13-20(25)16-27(14-18,15-19)26(32)29-21-2-1-11-30(17-21)22-3-5-23(6-4-22)33-24-7-9-28-10-8-24/h3-6,18-21,24-25,28,31H,1-2,7-17H2,(H,29,32)/t18?,19?,20?,21-,25?,27?/m0/s1. The van der Waals surface area contributed by atoms with Gasteiger partial charge in [-0.25, -0.2) is 0 Å². The van der Waals surface area contributed by atoms with Crippen molar-refractivity contribution in [2.75, 3.05) is 31.1 Å². The van der Waals surface area contributed by atoms with Crippen LogP contribution in [0, 0.1) is 23.2 Å².